The van der Waals surface area contributed by atoms with E-state index in [0.29, 0.717) is 27.4 Å². The van der Waals surface area contributed by atoms with Crippen LogP contribution >= 0.6 is 11.6 Å². The first-order valence-corrected chi connectivity index (χ1v) is 9.16. The quantitative estimate of drug-likeness (QED) is 0.523. The average molecular weight is 405 g/mol. The number of rotatable bonds is 3. The number of nitrogens with two attached hydrogens (primary N) is 1. The molecule has 4 rings (SSSR count). The lowest BCUT2D eigenvalue weighted by molar-refractivity contribution is -0.115. The Bertz CT molecular complexity index is 1040. The first kappa shape index (κ1) is 19.1. The minimum atomic E-state index is -1.73. The van der Waals surface area contributed by atoms with Crippen molar-refractivity contribution in [2.75, 3.05) is 5.73 Å². The largest absolute Gasteiger partial charge is 0.386 e. The number of ether oxygens (including phenoxy) is 1. The van der Waals surface area contributed by atoms with Crippen LogP contribution in [-0.2, 0) is 4.74 Å². The van der Waals surface area contributed by atoms with E-state index >= 15 is 0 Å². The van der Waals surface area contributed by atoms with Gasteiger partial charge in [0, 0.05) is 11.2 Å². The van der Waals surface area contributed by atoms with E-state index in [1.54, 1.807) is 35.0 Å². The highest BCUT2D eigenvalue weighted by Gasteiger charge is 2.55. The number of nitrogen functional groups attached to an aromatic ring is 1. The number of aryl methyl sites for hydroxylation is 1. The molecule has 5 N–H and O–H groups in total. The Kier molecular flexibility index (Phi) is 4.56. The van der Waals surface area contributed by atoms with Crippen LogP contribution in [0.15, 0.2) is 36.8 Å². The van der Waals surface area contributed by atoms with E-state index in [0.717, 1.165) is 5.56 Å². The fraction of sp³-hybridized carbons (Fsp3) is 0.368. The van der Waals surface area contributed by atoms with Crippen molar-refractivity contribution in [2.24, 2.45) is 0 Å². The van der Waals surface area contributed by atoms with Gasteiger partial charge in [-0.25, -0.2) is 9.97 Å². The summed E-state index contributed by atoms with van der Waals surface area (Å²) < 4.78 is 7.51. The van der Waals surface area contributed by atoms with E-state index in [1.807, 2.05) is 6.92 Å². The Labute approximate surface area is 166 Å². The van der Waals surface area contributed by atoms with Crippen LogP contribution in [0.2, 0.25) is 5.02 Å². The summed E-state index contributed by atoms with van der Waals surface area (Å²) in [5.74, 6) is 0.300. The molecule has 3 aromatic rings. The van der Waals surface area contributed by atoms with Crippen LogP contribution < -0.4 is 5.73 Å². The second-order valence-corrected chi connectivity index (χ2v) is 7.70. The third kappa shape index (κ3) is 2.85. The summed E-state index contributed by atoms with van der Waals surface area (Å²) in [6.45, 7) is 3.28. The summed E-state index contributed by atoms with van der Waals surface area (Å²) >= 11 is 6.16. The molecule has 148 valence electrons. The molecular formula is C19H21ClN4O4. The molecule has 1 aliphatic heterocycles. The molecule has 0 spiro atoms. The Morgan fingerprint density at radius 3 is 2.79 bits per heavy atom. The first-order valence-electron chi connectivity index (χ1n) is 8.79. The summed E-state index contributed by atoms with van der Waals surface area (Å²) in [5.41, 5.74) is 5.95. The molecule has 5 atom stereocenters. The maximum atomic E-state index is 10.9. The van der Waals surface area contributed by atoms with Crippen molar-refractivity contribution in [3.63, 3.8) is 0 Å². The van der Waals surface area contributed by atoms with Crippen molar-refractivity contribution >= 4 is 28.5 Å². The number of hydrogen-bond donors (Lipinski definition) is 4. The molecule has 9 heteroatoms. The van der Waals surface area contributed by atoms with Crippen LogP contribution in [-0.4, -0.2) is 47.7 Å². The van der Waals surface area contributed by atoms with Gasteiger partial charge in [0.2, 0.25) is 0 Å². The lowest BCUT2D eigenvalue weighted by Gasteiger charge is -2.29. The number of halogens is 1. The maximum Gasteiger partial charge on any atom is 0.164 e. The Morgan fingerprint density at radius 1 is 1.32 bits per heavy atom. The van der Waals surface area contributed by atoms with Crippen molar-refractivity contribution in [2.45, 2.75) is 44.0 Å². The minimum absolute atomic E-state index is 0.300. The molecule has 0 unspecified atom stereocenters. The summed E-state index contributed by atoms with van der Waals surface area (Å²) in [6.07, 6.45) is -1.62. The maximum absolute atomic E-state index is 10.9. The highest BCUT2D eigenvalue weighted by atomic mass is 35.5. The van der Waals surface area contributed by atoms with E-state index in [9.17, 15) is 15.3 Å². The van der Waals surface area contributed by atoms with Gasteiger partial charge >= 0.3 is 0 Å². The summed E-state index contributed by atoms with van der Waals surface area (Å²) in [4.78, 5) is 8.14. The number of anilines is 1. The molecule has 1 fully saturated rings. The lowest BCUT2D eigenvalue weighted by Crippen LogP contribution is -2.47. The molecule has 2 aromatic heterocycles. The number of aliphatic hydroxyl groups excluding tert-OH is 2. The second kappa shape index (κ2) is 6.68. The van der Waals surface area contributed by atoms with Gasteiger partial charge in [-0.05, 0) is 37.1 Å². The van der Waals surface area contributed by atoms with Gasteiger partial charge in [-0.1, -0.05) is 23.7 Å². The fourth-order valence-electron chi connectivity index (χ4n) is 3.59. The number of benzene rings is 1. The van der Waals surface area contributed by atoms with Crippen LogP contribution in [0.5, 0.6) is 0 Å². The number of hydrogen-bond acceptors (Lipinski definition) is 7. The Balaban J connectivity index is 1.71. The fourth-order valence-corrected chi connectivity index (χ4v) is 3.78. The standard InChI is InChI=1S/C19H21ClN4O4/c1-9-3-4-10(7-12(9)20)13(25)15-19(2,27)14(26)18(28-15)24-6-5-11-16(21)22-8-23-17(11)24/h3-8,13-15,18,25-27H,1-2H3,(H2,21,22,23)/t13-,14+,15-,18-,19+/m1/s1. The molecule has 0 bridgehead atoms. The Morgan fingerprint density at radius 2 is 2.07 bits per heavy atom. The number of nitrogens with zero attached hydrogens (tertiary/aromatic N) is 3. The molecule has 1 aromatic carbocycles. The zero-order chi connectivity index (χ0) is 20.2. The minimum Gasteiger partial charge on any atom is -0.386 e. The van der Waals surface area contributed by atoms with Crippen molar-refractivity contribution in [3.8, 4) is 0 Å². The molecule has 1 saturated heterocycles. The van der Waals surface area contributed by atoms with Gasteiger partial charge in [-0.2, -0.15) is 0 Å². The zero-order valence-electron chi connectivity index (χ0n) is 15.3. The van der Waals surface area contributed by atoms with Crippen molar-refractivity contribution < 1.29 is 20.1 Å². The Hall–Kier alpha value is -2.23. The van der Waals surface area contributed by atoms with Crippen molar-refractivity contribution in [1.29, 1.82) is 0 Å². The lowest BCUT2D eigenvalue weighted by atomic mass is 9.88. The summed E-state index contributed by atoms with van der Waals surface area (Å²) in [5, 5.41) is 33.7. The number of aromatic nitrogens is 3. The molecule has 0 amide bonds. The molecule has 0 aliphatic carbocycles. The van der Waals surface area contributed by atoms with E-state index in [1.165, 1.54) is 13.3 Å². The van der Waals surface area contributed by atoms with Gasteiger partial charge in [0.1, 0.15) is 41.7 Å². The third-order valence-corrected chi connectivity index (χ3v) is 5.78. The average Bonchev–Trinajstić information content (AvgIpc) is 3.17. The van der Waals surface area contributed by atoms with Gasteiger partial charge < -0.3 is 30.4 Å². The molecule has 3 heterocycles. The van der Waals surface area contributed by atoms with Gasteiger partial charge in [0.25, 0.3) is 0 Å². The van der Waals surface area contributed by atoms with Gasteiger partial charge in [-0.15, -0.1) is 0 Å². The van der Waals surface area contributed by atoms with E-state index in [-0.39, 0.29) is 0 Å². The molecule has 1 aliphatic rings. The molecule has 0 radical (unpaired) electrons. The first-order chi connectivity index (χ1) is 13.2. The van der Waals surface area contributed by atoms with Crippen LogP contribution in [0, 0.1) is 6.92 Å². The van der Waals surface area contributed by atoms with Crippen molar-refractivity contribution in [3.05, 3.63) is 52.9 Å². The summed E-state index contributed by atoms with van der Waals surface area (Å²) in [6, 6.07) is 6.82. The van der Waals surface area contributed by atoms with Crippen molar-refractivity contribution in [1.82, 2.24) is 14.5 Å². The molecule has 8 nitrogen and oxygen atoms in total. The van der Waals surface area contributed by atoms with E-state index < -0.39 is 30.1 Å². The van der Waals surface area contributed by atoms with Crippen LogP contribution in [0.25, 0.3) is 11.0 Å². The van der Waals surface area contributed by atoms with Gasteiger partial charge in [-0.3, -0.25) is 0 Å². The van der Waals surface area contributed by atoms with E-state index in [4.69, 9.17) is 22.1 Å². The third-order valence-electron chi connectivity index (χ3n) is 5.37. The zero-order valence-corrected chi connectivity index (χ0v) is 16.1. The highest BCUT2D eigenvalue weighted by molar-refractivity contribution is 6.31. The predicted molar refractivity (Wildman–Crippen MR) is 104 cm³/mol. The molecule has 28 heavy (non-hydrogen) atoms. The normalized spacial score (nSPS) is 28.7. The van der Waals surface area contributed by atoms with Gasteiger partial charge in [0.15, 0.2) is 6.23 Å². The smallest absolute Gasteiger partial charge is 0.164 e. The van der Waals surface area contributed by atoms with Crippen LogP contribution in [0.1, 0.15) is 30.4 Å². The number of aliphatic hydroxyl groups is 3. The monoisotopic (exact) mass is 404 g/mol. The second-order valence-electron chi connectivity index (χ2n) is 7.29. The van der Waals surface area contributed by atoms with E-state index in [2.05, 4.69) is 9.97 Å². The van der Waals surface area contributed by atoms with Crippen LogP contribution in [0.4, 0.5) is 5.82 Å². The van der Waals surface area contributed by atoms with Crippen LogP contribution in [0.3, 0.4) is 0 Å². The SMILES string of the molecule is Cc1ccc([C@@H](O)[C@H]2O[C@@H](n3ccc4c(N)ncnc43)[C@H](O)[C@]2(C)O)cc1Cl. The van der Waals surface area contributed by atoms with Gasteiger partial charge in [0.05, 0.1) is 5.39 Å². The highest BCUT2D eigenvalue weighted by Crippen LogP contribution is 2.43. The number of fused-ring (bicyclic) bond motifs is 1. The molecule has 0 saturated carbocycles. The molecular weight excluding hydrogens is 384 g/mol. The summed E-state index contributed by atoms with van der Waals surface area (Å²) in [7, 11) is 0. The predicted octanol–water partition coefficient (Wildman–Crippen LogP) is 1.72. The topological polar surface area (TPSA) is 127 Å².